The predicted octanol–water partition coefficient (Wildman–Crippen LogP) is 3.43. The highest BCUT2D eigenvalue weighted by Gasteiger charge is 2.45. The van der Waals surface area contributed by atoms with Gasteiger partial charge in [-0.25, -0.2) is 8.78 Å². The first kappa shape index (κ1) is 18.6. The number of alkyl halides is 2. The highest BCUT2D eigenvalue weighted by atomic mass is 28.5. The van der Waals surface area contributed by atoms with Gasteiger partial charge in [-0.15, -0.1) is 0 Å². The van der Waals surface area contributed by atoms with Gasteiger partial charge in [-0.3, -0.25) is 0 Å². The third kappa shape index (κ3) is 7.26. The van der Waals surface area contributed by atoms with E-state index in [1.54, 1.807) is 0 Å². The Morgan fingerprint density at radius 3 is 1.61 bits per heavy atom. The van der Waals surface area contributed by atoms with Crippen LogP contribution >= 0.6 is 0 Å². The number of hydrogen-bond donors (Lipinski definition) is 0. The van der Waals surface area contributed by atoms with Gasteiger partial charge in [0.25, 0.3) is 8.32 Å². The van der Waals surface area contributed by atoms with Crippen molar-refractivity contribution in [1.82, 2.24) is 0 Å². The quantitative estimate of drug-likeness (QED) is 0.669. The van der Waals surface area contributed by atoms with Gasteiger partial charge in [0.05, 0.1) is 0 Å². The SMILES string of the molecule is C[SiH](C)O[Si](C)(C)O[Si](C)(C)O[Si](C)(C)C(F)F. The lowest BCUT2D eigenvalue weighted by atomic mass is 11.6. The molecule has 0 aliphatic heterocycles. The van der Waals surface area contributed by atoms with Gasteiger partial charge in [-0.05, 0) is 52.4 Å². The Balaban J connectivity index is 4.65. The van der Waals surface area contributed by atoms with Crippen molar-refractivity contribution in [3.63, 3.8) is 0 Å². The lowest BCUT2D eigenvalue weighted by Gasteiger charge is -2.38. The summed E-state index contributed by atoms with van der Waals surface area (Å²) < 4.78 is 43.3. The third-order valence-corrected chi connectivity index (χ3v) is 15.3. The highest BCUT2D eigenvalue weighted by molar-refractivity contribution is 6.87. The summed E-state index contributed by atoms with van der Waals surface area (Å²) in [4.78, 5) is 0. The van der Waals surface area contributed by atoms with E-state index in [1.807, 2.05) is 26.2 Å². The minimum atomic E-state index is -2.97. The van der Waals surface area contributed by atoms with Gasteiger partial charge in [0.2, 0.25) is 6.05 Å². The zero-order valence-corrected chi connectivity index (χ0v) is 16.8. The van der Waals surface area contributed by atoms with Crippen LogP contribution in [0.25, 0.3) is 0 Å². The Morgan fingerprint density at radius 1 is 0.833 bits per heavy atom. The molecule has 0 radical (unpaired) electrons. The number of hydrogen-bond acceptors (Lipinski definition) is 3. The fraction of sp³-hybridized carbons (Fsp3) is 1.00. The van der Waals surface area contributed by atoms with Crippen molar-refractivity contribution in [2.45, 2.75) is 58.4 Å². The number of halogens is 2. The smallest absolute Gasteiger partial charge is 0.312 e. The maximum atomic E-state index is 12.9. The topological polar surface area (TPSA) is 27.7 Å². The fourth-order valence-electron chi connectivity index (χ4n) is 1.88. The maximum absolute atomic E-state index is 12.9. The van der Waals surface area contributed by atoms with Crippen molar-refractivity contribution >= 4 is 34.5 Å². The van der Waals surface area contributed by atoms with Crippen molar-refractivity contribution in [2.24, 2.45) is 0 Å². The van der Waals surface area contributed by atoms with Gasteiger partial charge in [0.15, 0.2) is 9.04 Å². The first-order chi connectivity index (χ1) is 7.77. The first-order valence-electron chi connectivity index (χ1n) is 6.14. The molecule has 0 aromatic rings. The van der Waals surface area contributed by atoms with Gasteiger partial charge < -0.3 is 12.3 Å². The summed E-state index contributed by atoms with van der Waals surface area (Å²) in [6, 6.07) is -2.39. The zero-order chi connectivity index (χ0) is 14.8. The molecule has 0 saturated heterocycles. The molecule has 0 aromatic heterocycles. The summed E-state index contributed by atoms with van der Waals surface area (Å²) in [7, 11) is -8.99. The molecular weight excluding hydrogens is 306 g/mol. The molecule has 0 amide bonds. The lowest BCUT2D eigenvalue weighted by molar-refractivity contribution is 0.198. The molecular formula is C9H26F2O3Si4. The molecule has 9 heteroatoms. The van der Waals surface area contributed by atoms with Crippen LogP contribution in [0.1, 0.15) is 0 Å². The Morgan fingerprint density at radius 2 is 1.28 bits per heavy atom. The van der Waals surface area contributed by atoms with E-state index >= 15 is 0 Å². The van der Waals surface area contributed by atoms with Crippen LogP contribution in [0.15, 0.2) is 0 Å². The summed E-state index contributed by atoms with van der Waals surface area (Å²) in [5.41, 5.74) is 0. The molecule has 0 aromatic carbocycles. The molecule has 0 atom stereocenters. The average molecular weight is 333 g/mol. The normalized spacial score (nSPS) is 14.7. The van der Waals surface area contributed by atoms with Crippen molar-refractivity contribution in [3.05, 3.63) is 0 Å². The van der Waals surface area contributed by atoms with Gasteiger partial charge >= 0.3 is 17.1 Å². The van der Waals surface area contributed by atoms with Crippen LogP contribution < -0.4 is 0 Å². The second-order valence-corrected chi connectivity index (χ2v) is 20.0. The summed E-state index contributed by atoms with van der Waals surface area (Å²) in [5.74, 6) is 0. The molecule has 0 unspecified atom stereocenters. The van der Waals surface area contributed by atoms with Crippen LogP contribution in [0.5, 0.6) is 0 Å². The Hall–Kier alpha value is 0.608. The summed E-state index contributed by atoms with van der Waals surface area (Å²) in [6.07, 6.45) is 0. The lowest BCUT2D eigenvalue weighted by Crippen LogP contribution is -2.56. The van der Waals surface area contributed by atoms with Crippen LogP contribution in [0.3, 0.4) is 0 Å². The Labute approximate surface area is 114 Å². The van der Waals surface area contributed by atoms with Crippen LogP contribution in [0, 0.1) is 0 Å². The van der Waals surface area contributed by atoms with E-state index < -0.39 is 40.5 Å². The van der Waals surface area contributed by atoms with Crippen molar-refractivity contribution in [3.8, 4) is 0 Å². The average Bonchev–Trinajstić information content (AvgIpc) is 1.94. The predicted molar refractivity (Wildman–Crippen MR) is 80.6 cm³/mol. The molecule has 3 nitrogen and oxygen atoms in total. The second-order valence-electron chi connectivity index (χ2n) is 6.07. The van der Waals surface area contributed by atoms with Crippen LogP contribution in [0.4, 0.5) is 8.78 Å². The van der Waals surface area contributed by atoms with Crippen LogP contribution in [-0.2, 0) is 12.3 Å². The summed E-state index contributed by atoms with van der Waals surface area (Å²) in [6.45, 7) is 14.8. The largest absolute Gasteiger partial charge is 0.440 e. The molecule has 0 fully saturated rings. The summed E-state index contributed by atoms with van der Waals surface area (Å²) in [5, 5.41) is 0. The monoisotopic (exact) mass is 332 g/mol. The van der Waals surface area contributed by atoms with E-state index in [1.165, 1.54) is 13.1 Å². The fourth-order valence-corrected chi connectivity index (χ4v) is 17.8. The Kier molecular flexibility index (Phi) is 6.59. The molecule has 0 N–H and O–H groups in total. The molecule has 18 heavy (non-hydrogen) atoms. The van der Waals surface area contributed by atoms with Crippen molar-refractivity contribution < 1.29 is 21.1 Å². The number of rotatable bonds is 7. The van der Waals surface area contributed by atoms with Gasteiger partial charge in [-0.2, -0.15) is 0 Å². The minimum absolute atomic E-state index is 1.19. The molecule has 0 aliphatic rings. The molecule has 0 bridgehead atoms. The maximum Gasteiger partial charge on any atom is 0.312 e. The van der Waals surface area contributed by atoms with Crippen molar-refractivity contribution in [1.29, 1.82) is 0 Å². The van der Waals surface area contributed by atoms with E-state index in [-0.39, 0.29) is 0 Å². The molecule has 110 valence electrons. The highest BCUT2D eigenvalue weighted by Crippen LogP contribution is 2.24. The van der Waals surface area contributed by atoms with E-state index in [2.05, 4.69) is 13.1 Å². The van der Waals surface area contributed by atoms with Gasteiger partial charge in [-0.1, -0.05) is 0 Å². The standard InChI is InChI=1S/C9H26F2O3Si4/c1-15(2)12-17(5,6)14-18(7,8)13-16(3,4)9(10)11/h9,15H,1-8H3. The second kappa shape index (κ2) is 6.37. The van der Waals surface area contributed by atoms with E-state index in [9.17, 15) is 8.78 Å². The molecule has 0 rings (SSSR count). The Bertz CT molecular complexity index is 273. The molecule has 0 heterocycles. The van der Waals surface area contributed by atoms with E-state index in [0.29, 0.717) is 0 Å². The van der Waals surface area contributed by atoms with E-state index in [4.69, 9.17) is 12.3 Å². The first-order valence-corrected chi connectivity index (χ1v) is 17.5. The van der Waals surface area contributed by atoms with Crippen molar-refractivity contribution in [2.75, 3.05) is 0 Å². The van der Waals surface area contributed by atoms with Crippen LogP contribution in [-0.4, -0.2) is 40.5 Å². The molecule has 0 saturated carbocycles. The zero-order valence-electron chi connectivity index (χ0n) is 12.6. The molecule has 0 spiro atoms. The van der Waals surface area contributed by atoms with Crippen LogP contribution in [0.2, 0.25) is 52.4 Å². The summed E-state index contributed by atoms with van der Waals surface area (Å²) >= 11 is 0. The van der Waals surface area contributed by atoms with Gasteiger partial charge in [0.1, 0.15) is 0 Å². The minimum Gasteiger partial charge on any atom is -0.440 e. The molecule has 0 aliphatic carbocycles. The third-order valence-electron chi connectivity index (χ3n) is 2.05. The van der Waals surface area contributed by atoms with Gasteiger partial charge in [0, 0.05) is 0 Å². The van der Waals surface area contributed by atoms with E-state index in [0.717, 1.165) is 0 Å².